The van der Waals surface area contributed by atoms with Crippen LogP contribution in [0, 0.1) is 12.7 Å². The molecule has 0 aliphatic rings. The number of ether oxygens (including phenoxy) is 1. The number of benzene rings is 2. The Kier molecular flexibility index (Phi) is 4.85. The van der Waals surface area contributed by atoms with Crippen LogP contribution >= 0.6 is 0 Å². The lowest BCUT2D eigenvalue weighted by atomic mass is 9.97. The van der Waals surface area contributed by atoms with Crippen molar-refractivity contribution in [2.75, 3.05) is 0 Å². The SMILES string of the molecule is Cc1cc(F)ccc1CC(O)c1ccccc1OC(F)F. The highest BCUT2D eigenvalue weighted by Crippen LogP contribution is 2.29. The average molecular weight is 296 g/mol. The van der Waals surface area contributed by atoms with Gasteiger partial charge >= 0.3 is 6.61 Å². The normalized spacial score (nSPS) is 12.5. The summed E-state index contributed by atoms with van der Waals surface area (Å²) in [5.41, 5.74) is 1.72. The summed E-state index contributed by atoms with van der Waals surface area (Å²) in [4.78, 5) is 0. The minimum Gasteiger partial charge on any atom is -0.434 e. The van der Waals surface area contributed by atoms with Gasteiger partial charge < -0.3 is 9.84 Å². The van der Waals surface area contributed by atoms with Gasteiger partial charge in [-0.2, -0.15) is 8.78 Å². The van der Waals surface area contributed by atoms with Gasteiger partial charge in [-0.05, 0) is 36.2 Å². The second-order valence-corrected chi connectivity index (χ2v) is 4.71. The second-order valence-electron chi connectivity index (χ2n) is 4.71. The Bertz CT molecular complexity index is 614. The first-order chi connectivity index (χ1) is 9.97. The van der Waals surface area contributed by atoms with Gasteiger partial charge in [0.05, 0.1) is 6.10 Å². The van der Waals surface area contributed by atoms with Crippen molar-refractivity contribution in [2.45, 2.75) is 26.1 Å². The highest BCUT2D eigenvalue weighted by molar-refractivity contribution is 5.37. The number of hydrogen-bond acceptors (Lipinski definition) is 2. The lowest BCUT2D eigenvalue weighted by molar-refractivity contribution is -0.0515. The fourth-order valence-corrected chi connectivity index (χ4v) is 2.17. The van der Waals surface area contributed by atoms with Crippen LogP contribution in [0.1, 0.15) is 22.8 Å². The van der Waals surface area contributed by atoms with Gasteiger partial charge in [0.2, 0.25) is 0 Å². The zero-order chi connectivity index (χ0) is 15.4. The van der Waals surface area contributed by atoms with Gasteiger partial charge in [-0.25, -0.2) is 4.39 Å². The smallest absolute Gasteiger partial charge is 0.387 e. The van der Waals surface area contributed by atoms with Crippen LogP contribution in [0.15, 0.2) is 42.5 Å². The fraction of sp³-hybridized carbons (Fsp3) is 0.250. The molecular weight excluding hydrogens is 281 g/mol. The zero-order valence-electron chi connectivity index (χ0n) is 11.4. The van der Waals surface area contributed by atoms with Crippen molar-refractivity contribution in [2.24, 2.45) is 0 Å². The van der Waals surface area contributed by atoms with Crippen LogP contribution < -0.4 is 4.74 Å². The van der Waals surface area contributed by atoms with Crippen molar-refractivity contribution in [3.05, 3.63) is 65.0 Å². The van der Waals surface area contributed by atoms with E-state index in [1.165, 1.54) is 24.3 Å². The van der Waals surface area contributed by atoms with Crippen molar-refractivity contribution < 1.29 is 23.0 Å². The van der Waals surface area contributed by atoms with Crippen LogP contribution in [0.5, 0.6) is 5.75 Å². The molecule has 21 heavy (non-hydrogen) atoms. The predicted octanol–water partition coefficient (Wildman–Crippen LogP) is 4.01. The van der Waals surface area contributed by atoms with Gasteiger partial charge in [-0.3, -0.25) is 0 Å². The Morgan fingerprint density at radius 2 is 1.86 bits per heavy atom. The predicted molar refractivity (Wildman–Crippen MR) is 72.9 cm³/mol. The molecule has 112 valence electrons. The molecule has 2 nitrogen and oxygen atoms in total. The fourth-order valence-electron chi connectivity index (χ4n) is 2.17. The minimum absolute atomic E-state index is 0.0558. The Hall–Kier alpha value is -2.01. The van der Waals surface area contributed by atoms with Gasteiger partial charge in [0.1, 0.15) is 11.6 Å². The molecular formula is C16H15F3O2. The molecule has 1 unspecified atom stereocenters. The summed E-state index contributed by atoms with van der Waals surface area (Å²) in [5.74, 6) is -0.410. The monoisotopic (exact) mass is 296 g/mol. The molecule has 0 spiro atoms. The quantitative estimate of drug-likeness (QED) is 0.903. The van der Waals surface area contributed by atoms with Crippen LogP contribution in [-0.4, -0.2) is 11.7 Å². The van der Waals surface area contributed by atoms with Gasteiger partial charge in [-0.1, -0.05) is 24.3 Å². The molecule has 0 amide bonds. The summed E-state index contributed by atoms with van der Waals surface area (Å²) in [6.45, 7) is -1.22. The van der Waals surface area contributed by atoms with Gasteiger partial charge in [-0.15, -0.1) is 0 Å². The van der Waals surface area contributed by atoms with E-state index < -0.39 is 12.7 Å². The van der Waals surface area contributed by atoms with Crippen molar-refractivity contribution in [3.63, 3.8) is 0 Å². The van der Waals surface area contributed by atoms with Crippen molar-refractivity contribution in [1.29, 1.82) is 0 Å². The molecule has 0 saturated heterocycles. The first-order valence-corrected chi connectivity index (χ1v) is 6.44. The summed E-state index contributed by atoms with van der Waals surface area (Å²) in [7, 11) is 0. The van der Waals surface area contributed by atoms with E-state index in [9.17, 15) is 18.3 Å². The minimum atomic E-state index is -2.95. The van der Waals surface area contributed by atoms with E-state index >= 15 is 0 Å². The van der Waals surface area contributed by atoms with Crippen molar-refractivity contribution in [1.82, 2.24) is 0 Å². The van der Waals surface area contributed by atoms with E-state index in [0.29, 0.717) is 5.56 Å². The molecule has 1 atom stereocenters. The molecule has 0 aliphatic carbocycles. The Morgan fingerprint density at radius 3 is 2.52 bits per heavy atom. The third-order valence-electron chi connectivity index (χ3n) is 3.21. The van der Waals surface area contributed by atoms with Gasteiger partial charge in [0.25, 0.3) is 0 Å². The summed E-state index contributed by atoms with van der Waals surface area (Å²) < 4.78 is 42.2. The number of aryl methyl sites for hydroxylation is 1. The average Bonchev–Trinajstić information content (AvgIpc) is 2.42. The summed E-state index contributed by atoms with van der Waals surface area (Å²) in [6.07, 6.45) is -0.820. The highest BCUT2D eigenvalue weighted by Gasteiger charge is 2.17. The van der Waals surface area contributed by atoms with Crippen molar-refractivity contribution in [3.8, 4) is 5.75 Å². The lowest BCUT2D eigenvalue weighted by Gasteiger charge is -2.16. The van der Waals surface area contributed by atoms with Crippen LogP contribution in [0.3, 0.4) is 0 Å². The Labute approximate surface area is 120 Å². The number of rotatable bonds is 5. The van der Waals surface area contributed by atoms with Crippen LogP contribution in [0.25, 0.3) is 0 Å². The number of alkyl halides is 2. The largest absolute Gasteiger partial charge is 0.434 e. The maximum absolute atomic E-state index is 13.0. The number of halogens is 3. The van der Waals surface area contributed by atoms with Crippen LogP contribution in [0.2, 0.25) is 0 Å². The number of para-hydroxylation sites is 1. The molecule has 5 heteroatoms. The van der Waals surface area contributed by atoms with E-state index in [4.69, 9.17) is 0 Å². The molecule has 0 saturated carbocycles. The summed E-state index contributed by atoms with van der Waals surface area (Å²) in [6, 6.07) is 10.3. The third kappa shape index (κ3) is 3.98. The van der Waals surface area contributed by atoms with Gasteiger partial charge in [0, 0.05) is 12.0 Å². The van der Waals surface area contributed by atoms with E-state index in [0.717, 1.165) is 5.56 Å². The molecule has 0 bridgehead atoms. The first-order valence-electron chi connectivity index (χ1n) is 6.44. The number of aliphatic hydroxyl groups is 1. The van der Waals surface area contributed by atoms with Crippen LogP contribution in [0.4, 0.5) is 13.2 Å². The maximum Gasteiger partial charge on any atom is 0.387 e. The van der Waals surface area contributed by atoms with Crippen LogP contribution in [-0.2, 0) is 6.42 Å². The number of aliphatic hydroxyl groups excluding tert-OH is 1. The Balaban J connectivity index is 2.22. The highest BCUT2D eigenvalue weighted by atomic mass is 19.3. The van der Waals surface area contributed by atoms with E-state index in [-0.39, 0.29) is 23.6 Å². The topological polar surface area (TPSA) is 29.5 Å². The second kappa shape index (κ2) is 6.63. The van der Waals surface area contributed by atoms with Crippen molar-refractivity contribution >= 4 is 0 Å². The Morgan fingerprint density at radius 1 is 1.14 bits per heavy atom. The molecule has 0 aromatic heterocycles. The molecule has 0 heterocycles. The zero-order valence-corrected chi connectivity index (χ0v) is 11.4. The molecule has 0 radical (unpaired) electrons. The summed E-state index contributed by atoms with van der Waals surface area (Å²) >= 11 is 0. The lowest BCUT2D eigenvalue weighted by Crippen LogP contribution is -2.09. The number of hydrogen-bond donors (Lipinski definition) is 1. The molecule has 0 aliphatic heterocycles. The molecule has 2 aromatic rings. The molecule has 2 rings (SSSR count). The van der Waals surface area contributed by atoms with E-state index in [2.05, 4.69) is 4.74 Å². The third-order valence-corrected chi connectivity index (χ3v) is 3.21. The summed E-state index contributed by atoms with van der Waals surface area (Å²) in [5, 5.41) is 10.2. The standard InChI is InChI=1S/C16H15F3O2/c1-10-8-12(17)7-6-11(10)9-14(20)13-4-2-3-5-15(13)21-16(18)19/h2-8,14,16,20H,9H2,1H3. The molecule has 2 aromatic carbocycles. The van der Waals surface area contributed by atoms with E-state index in [1.807, 2.05) is 0 Å². The molecule has 0 fully saturated rings. The van der Waals surface area contributed by atoms with E-state index in [1.54, 1.807) is 25.1 Å². The maximum atomic E-state index is 13.0. The molecule has 1 N–H and O–H groups in total. The van der Waals surface area contributed by atoms with Gasteiger partial charge in [0.15, 0.2) is 0 Å². The first kappa shape index (κ1) is 15.4.